The second-order valence-corrected chi connectivity index (χ2v) is 7.00. The molecule has 116 valence electrons. The van der Waals surface area contributed by atoms with E-state index in [1.807, 2.05) is 34.6 Å². The molecule has 1 saturated carbocycles. The molecule has 1 saturated heterocycles. The number of carbonyl (C=O) groups is 1. The molecule has 0 bridgehead atoms. The van der Waals surface area contributed by atoms with Gasteiger partial charge in [-0.3, -0.25) is 0 Å². The van der Waals surface area contributed by atoms with Crippen LogP contribution in [0.4, 0.5) is 4.79 Å². The molecule has 2 aliphatic rings. The zero-order chi connectivity index (χ0) is 15.1. The number of ether oxygens (including phenoxy) is 3. The summed E-state index contributed by atoms with van der Waals surface area (Å²) in [6, 6.07) is -0.200. The number of aliphatic hydroxyl groups excluding tert-OH is 1. The zero-order valence-electron chi connectivity index (χ0n) is 12.8. The first kappa shape index (κ1) is 15.5. The Labute approximate surface area is 119 Å². The van der Waals surface area contributed by atoms with Crippen LogP contribution in [0.15, 0.2) is 0 Å². The lowest BCUT2D eigenvalue weighted by Gasteiger charge is -2.25. The van der Waals surface area contributed by atoms with Gasteiger partial charge in [0, 0.05) is 12.5 Å². The lowest BCUT2D eigenvalue weighted by Crippen LogP contribution is -2.45. The molecule has 1 heterocycles. The van der Waals surface area contributed by atoms with Crippen LogP contribution in [-0.4, -0.2) is 47.4 Å². The predicted octanol–water partition coefficient (Wildman–Crippen LogP) is 1.41. The molecule has 0 aromatic heterocycles. The van der Waals surface area contributed by atoms with Crippen molar-refractivity contribution in [3.05, 3.63) is 0 Å². The summed E-state index contributed by atoms with van der Waals surface area (Å²) in [5, 5.41) is 12.3. The van der Waals surface area contributed by atoms with E-state index in [1.54, 1.807) is 0 Å². The first-order valence-corrected chi connectivity index (χ1v) is 7.07. The number of amides is 1. The van der Waals surface area contributed by atoms with Crippen LogP contribution in [0.1, 0.15) is 41.0 Å². The number of rotatable bonds is 2. The van der Waals surface area contributed by atoms with Crippen LogP contribution < -0.4 is 5.32 Å². The van der Waals surface area contributed by atoms with Crippen LogP contribution >= 0.6 is 0 Å². The summed E-state index contributed by atoms with van der Waals surface area (Å²) in [4.78, 5) is 11.9. The molecular formula is C14H25NO5. The highest BCUT2D eigenvalue weighted by atomic mass is 16.8. The maximum Gasteiger partial charge on any atom is 0.407 e. The van der Waals surface area contributed by atoms with Gasteiger partial charge in [-0.2, -0.15) is 0 Å². The van der Waals surface area contributed by atoms with Crippen molar-refractivity contribution in [2.45, 2.75) is 70.7 Å². The smallest absolute Gasteiger partial charge is 0.407 e. The van der Waals surface area contributed by atoms with Gasteiger partial charge >= 0.3 is 6.09 Å². The van der Waals surface area contributed by atoms with Crippen molar-refractivity contribution in [3.63, 3.8) is 0 Å². The zero-order valence-corrected chi connectivity index (χ0v) is 12.8. The second-order valence-electron chi connectivity index (χ2n) is 7.00. The van der Waals surface area contributed by atoms with E-state index in [2.05, 4.69) is 5.32 Å². The largest absolute Gasteiger partial charge is 0.444 e. The standard InChI is InChI=1S/C14H25NO5/c1-13(2,3)20-12(17)15-9-6-8(7-16)10-11(9)19-14(4,5)18-10/h8-11,16H,6-7H2,1-5H3,(H,15,17)/t8-,9-,10-,11+/m1/s1. The molecule has 0 spiro atoms. The van der Waals surface area contributed by atoms with Crippen LogP contribution in [0.5, 0.6) is 0 Å². The van der Waals surface area contributed by atoms with Gasteiger partial charge in [0.1, 0.15) is 11.7 Å². The van der Waals surface area contributed by atoms with Crippen molar-refractivity contribution in [3.8, 4) is 0 Å². The number of aliphatic hydroxyl groups is 1. The maximum absolute atomic E-state index is 11.9. The van der Waals surface area contributed by atoms with Crippen molar-refractivity contribution in [1.29, 1.82) is 0 Å². The molecule has 6 heteroatoms. The van der Waals surface area contributed by atoms with Crippen LogP contribution in [0, 0.1) is 5.92 Å². The molecule has 0 radical (unpaired) electrons. The molecular weight excluding hydrogens is 262 g/mol. The van der Waals surface area contributed by atoms with Gasteiger partial charge in [-0.25, -0.2) is 4.79 Å². The summed E-state index contributed by atoms with van der Waals surface area (Å²) < 4.78 is 16.9. The Balaban J connectivity index is 2.00. The number of hydrogen-bond donors (Lipinski definition) is 2. The number of nitrogens with one attached hydrogen (secondary N) is 1. The van der Waals surface area contributed by atoms with Gasteiger partial charge in [0.15, 0.2) is 5.79 Å². The maximum atomic E-state index is 11.9. The molecule has 0 aromatic rings. The van der Waals surface area contributed by atoms with E-state index in [0.717, 1.165) is 0 Å². The van der Waals surface area contributed by atoms with Crippen molar-refractivity contribution in [2.24, 2.45) is 5.92 Å². The minimum Gasteiger partial charge on any atom is -0.444 e. The van der Waals surface area contributed by atoms with E-state index < -0.39 is 17.5 Å². The first-order valence-electron chi connectivity index (χ1n) is 7.07. The summed E-state index contributed by atoms with van der Waals surface area (Å²) in [5.41, 5.74) is -0.537. The lowest BCUT2D eigenvalue weighted by molar-refractivity contribution is -0.160. The molecule has 2 fully saturated rings. The minimum absolute atomic E-state index is 0.0209. The Kier molecular flexibility index (Phi) is 4.01. The predicted molar refractivity (Wildman–Crippen MR) is 72.2 cm³/mol. The highest BCUT2D eigenvalue weighted by molar-refractivity contribution is 5.68. The van der Waals surface area contributed by atoms with E-state index in [-0.39, 0.29) is 30.8 Å². The Morgan fingerprint density at radius 2 is 1.95 bits per heavy atom. The lowest BCUT2D eigenvalue weighted by atomic mass is 10.1. The molecule has 0 unspecified atom stereocenters. The van der Waals surface area contributed by atoms with E-state index in [1.165, 1.54) is 0 Å². The summed E-state index contributed by atoms with van der Waals surface area (Å²) in [7, 11) is 0. The Morgan fingerprint density at radius 1 is 1.35 bits per heavy atom. The van der Waals surface area contributed by atoms with Gasteiger partial charge < -0.3 is 24.6 Å². The van der Waals surface area contributed by atoms with E-state index >= 15 is 0 Å². The Hall–Kier alpha value is -0.850. The van der Waals surface area contributed by atoms with Gasteiger partial charge in [-0.05, 0) is 41.0 Å². The normalized spacial score (nSPS) is 35.7. The van der Waals surface area contributed by atoms with E-state index in [0.29, 0.717) is 6.42 Å². The SMILES string of the molecule is CC(C)(C)OC(=O)N[C@@H]1C[C@H](CO)[C@H]2OC(C)(C)O[C@H]21. The quantitative estimate of drug-likeness (QED) is 0.803. The molecule has 2 N–H and O–H groups in total. The third-order valence-electron chi connectivity index (χ3n) is 3.52. The first-order chi connectivity index (χ1) is 9.11. The molecule has 2 rings (SSSR count). The molecule has 4 atom stereocenters. The highest BCUT2D eigenvalue weighted by Gasteiger charge is 2.54. The van der Waals surface area contributed by atoms with Crippen LogP contribution in [-0.2, 0) is 14.2 Å². The summed E-state index contributed by atoms with van der Waals surface area (Å²) in [6.45, 7) is 9.15. The van der Waals surface area contributed by atoms with Crippen molar-refractivity contribution in [2.75, 3.05) is 6.61 Å². The van der Waals surface area contributed by atoms with E-state index in [4.69, 9.17) is 14.2 Å². The van der Waals surface area contributed by atoms with Crippen molar-refractivity contribution < 1.29 is 24.1 Å². The number of alkyl carbamates (subject to hydrolysis) is 1. The number of hydrogen-bond acceptors (Lipinski definition) is 5. The summed E-state index contributed by atoms with van der Waals surface area (Å²) >= 11 is 0. The molecule has 1 amide bonds. The summed E-state index contributed by atoms with van der Waals surface area (Å²) in [5.74, 6) is -0.710. The molecule has 0 aromatic carbocycles. The van der Waals surface area contributed by atoms with Gasteiger partial charge in [0.05, 0.1) is 12.1 Å². The Bertz CT molecular complexity index is 376. The average Bonchev–Trinajstić information content (AvgIpc) is 2.70. The van der Waals surface area contributed by atoms with Gasteiger partial charge in [-0.1, -0.05) is 0 Å². The van der Waals surface area contributed by atoms with E-state index in [9.17, 15) is 9.90 Å². The monoisotopic (exact) mass is 287 g/mol. The molecule has 1 aliphatic carbocycles. The second kappa shape index (κ2) is 5.16. The third kappa shape index (κ3) is 3.42. The molecule has 1 aliphatic heterocycles. The fourth-order valence-corrected chi connectivity index (χ4v) is 2.87. The van der Waals surface area contributed by atoms with Gasteiger partial charge in [0.25, 0.3) is 0 Å². The van der Waals surface area contributed by atoms with Crippen LogP contribution in [0.25, 0.3) is 0 Å². The van der Waals surface area contributed by atoms with Crippen LogP contribution in [0.3, 0.4) is 0 Å². The summed E-state index contributed by atoms with van der Waals surface area (Å²) in [6.07, 6.45) is -0.265. The van der Waals surface area contributed by atoms with Gasteiger partial charge in [-0.15, -0.1) is 0 Å². The van der Waals surface area contributed by atoms with Gasteiger partial charge in [0.2, 0.25) is 0 Å². The highest BCUT2D eigenvalue weighted by Crippen LogP contribution is 2.41. The van der Waals surface area contributed by atoms with Crippen molar-refractivity contribution >= 4 is 6.09 Å². The number of carbonyl (C=O) groups excluding carboxylic acids is 1. The average molecular weight is 287 g/mol. The number of fused-ring (bicyclic) bond motifs is 1. The fraction of sp³-hybridized carbons (Fsp3) is 0.929. The van der Waals surface area contributed by atoms with Crippen LogP contribution in [0.2, 0.25) is 0 Å². The minimum atomic E-state index is -0.683. The molecule has 20 heavy (non-hydrogen) atoms. The Morgan fingerprint density at radius 3 is 2.50 bits per heavy atom. The topological polar surface area (TPSA) is 77.0 Å². The fourth-order valence-electron chi connectivity index (χ4n) is 2.87. The third-order valence-corrected chi connectivity index (χ3v) is 3.52. The molecule has 6 nitrogen and oxygen atoms in total. The van der Waals surface area contributed by atoms with Crippen molar-refractivity contribution in [1.82, 2.24) is 5.32 Å².